The van der Waals surface area contributed by atoms with Gasteiger partial charge >= 0.3 is 0 Å². The number of aromatic nitrogens is 3. The van der Waals surface area contributed by atoms with Gasteiger partial charge in [0, 0.05) is 19.1 Å². The minimum Gasteiger partial charge on any atom is -0.383 e. The van der Waals surface area contributed by atoms with E-state index in [4.69, 9.17) is 4.74 Å². The van der Waals surface area contributed by atoms with Crippen molar-refractivity contribution in [1.29, 1.82) is 0 Å². The van der Waals surface area contributed by atoms with Crippen LogP contribution in [-0.4, -0.2) is 46.2 Å². The molecule has 7 heteroatoms. The summed E-state index contributed by atoms with van der Waals surface area (Å²) >= 11 is 1.37. The van der Waals surface area contributed by atoms with Crippen LogP contribution in [0.15, 0.2) is 35.5 Å². The third-order valence-electron chi connectivity index (χ3n) is 3.71. The second kappa shape index (κ2) is 7.81. The van der Waals surface area contributed by atoms with Crippen LogP contribution >= 0.6 is 11.8 Å². The fourth-order valence-electron chi connectivity index (χ4n) is 2.47. The van der Waals surface area contributed by atoms with E-state index in [9.17, 15) is 4.79 Å². The first-order valence-corrected chi connectivity index (χ1v) is 9.09. The first kappa shape index (κ1) is 17.0. The lowest BCUT2D eigenvalue weighted by molar-refractivity contribution is -0.119. The standard InChI is InChI=1S/C17H22N4O2S/c1-12(10-23-2)18-15(22)11-24-17-19-16(13-8-9-13)21(20-17)14-6-4-3-5-7-14/h3-7,12-13H,8-11H2,1-2H3,(H,18,22). The highest BCUT2D eigenvalue weighted by Crippen LogP contribution is 2.40. The summed E-state index contributed by atoms with van der Waals surface area (Å²) in [5.74, 6) is 1.75. The molecule has 0 spiro atoms. The topological polar surface area (TPSA) is 69.0 Å². The number of methoxy groups -OCH3 is 1. The molecule has 0 bridgehead atoms. The fraction of sp³-hybridized carbons (Fsp3) is 0.471. The Hall–Kier alpha value is -1.86. The Balaban J connectivity index is 1.65. The lowest BCUT2D eigenvalue weighted by Gasteiger charge is -2.11. The van der Waals surface area contributed by atoms with Gasteiger partial charge in [-0.05, 0) is 31.9 Å². The highest BCUT2D eigenvalue weighted by molar-refractivity contribution is 7.99. The molecule has 1 atom stereocenters. The molecule has 1 aliphatic rings. The second-order valence-electron chi connectivity index (χ2n) is 5.99. The predicted octanol–water partition coefficient (Wildman–Crippen LogP) is 2.39. The van der Waals surface area contributed by atoms with E-state index < -0.39 is 0 Å². The summed E-state index contributed by atoms with van der Waals surface area (Å²) in [6.45, 7) is 2.42. The van der Waals surface area contributed by atoms with Crippen molar-refractivity contribution in [3.8, 4) is 5.69 Å². The maximum atomic E-state index is 12.0. The zero-order valence-electron chi connectivity index (χ0n) is 13.9. The molecule has 0 radical (unpaired) electrons. The molecule has 2 aromatic rings. The van der Waals surface area contributed by atoms with E-state index in [1.165, 1.54) is 11.8 Å². The van der Waals surface area contributed by atoms with Gasteiger partial charge in [-0.1, -0.05) is 30.0 Å². The average molecular weight is 346 g/mol. The summed E-state index contributed by atoms with van der Waals surface area (Å²) in [6.07, 6.45) is 2.31. The third-order valence-corrected chi connectivity index (χ3v) is 4.55. The Labute approximate surface area is 146 Å². The van der Waals surface area contributed by atoms with Gasteiger partial charge in [0.05, 0.1) is 18.0 Å². The van der Waals surface area contributed by atoms with Crippen molar-refractivity contribution < 1.29 is 9.53 Å². The minimum atomic E-state index is -0.0337. The van der Waals surface area contributed by atoms with Crippen molar-refractivity contribution in [2.24, 2.45) is 0 Å². The number of rotatable bonds is 8. The maximum Gasteiger partial charge on any atom is 0.230 e. The highest BCUT2D eigenvalue weighted by atomic mass is 32.2. The molecule has 1 aliphatic carbocycles. The highest BCUT2D eigenvalue weighted by Gasteiger charge is 2.30. The molecule has 1 unspecified atom stereocenters. The number of carbonyl (C=O) groups excluding carboxylic acids is 1. The van der Waals surface area contributed by atoms with Gasteiger partial charge in [0.1, 0.15) is 5.82 Å². The Morgan fingerprint density at radius 2 is 2.17 bits per heavy atom. The molecule has 1 saturated carbocycles. The maximum absolute atomic E-state index is 12.0. The Morgan fingerprint density at radius 1 is 1.42 bits per heavy atom. The molecule has 1 aromatic carbocycles. The van der Waals surface area contributed by atoms with E-state index in [-0.39, 0.29) is 11.9 Å². The summed E-state index contributed by atoms with van der Waals surface area (Å²) in [6, 6.07) is 10.0. The van der Waals surface area contributed by atoms with Crippen LogP contribution in [0.3, 0.4) is 0 Å². The van der Waals surface area contributed by atoms with Gasteiger partial charge in [0.25, 0.3) is 0 Å². The summed E-state index contributed by atoms with van der Waals surface area (Å²) in [5, 5.41) is 8.13. The van der Waals surface area contributed by atoms with Gasteiger partial charge in [-0.25, -0.2) is 9.67 Å². The van der Waals surface area contributed by atoms with Crippen molar-refractivity contribution in [2.45, 2.75) is 36.9 Å². The number of benzene rings is 1. The predicted molar refractivity (Wildman–Crippen MR) is 93.5 cm³/mol. The zero-order chi connectivity index (χ0) is 16.9. The fourth-order valence-corrected chi connectivity index (χ4v) is 3.11. The summed E-state index contributed by atoms with van der Waals surface area (Å²) in [5.41, 5.74) is 1.01. The molecule has 6 nitrogen and oxygen atoms in total. The van der Waals surface area contributed by atoms with Gasteiger partial charge in [0.2, 0.25) is 11.1 Å². The van der Waals surface area contributed by atoms with E-state index >= 15 is 0 Å². The summed E-state index contributed by atoms with van der Waals surface area (Å²) in [7, 11) is 1.62. The Morgan fingerprint density at radius 3 is 2.83 bits per heavy atom. The average Bonchev–Trinajstić information content (AvgIpc) is 3.33. The lowest BCUT2D eigenvalue weighted by Crippen LogP contribution is -2.36. The van der Waals surface area contributed by atoms with Gasteiger partial charge < -0.3 is 10.1 Å². The van der Waals surface area contributed by atoms with Crippen molar-refractivity contribution in [1.82, 2.24) is 20.1 Å². The number of carbonyl (C=O) groups is 1. The molecular formula is C17H22N4O2S. The largest absolute Gasteiger partial charge is 0.383 e. The molecule has 1 fully saturated rings. The quantitative estimate of drug-likeness (QED) is 0.743. The number of nitrogens with zero attached hydrogens (tertiary/aromatic N) is 3. The van der Waals surface area contributed by atoms with Crippen LogP contribution in [0.1, 0.15) is 31.5 Å². The SMILES string of the molecule is COCC(C)NC(=O)CSc1nc(C2CC2)n(-c2ccccc2)n1. The molecule has 1 N–H and O–H groups in total. The van der Waals surface area contributed by atoms with E-state index in [1.54, 1.807) is 7.11 Å². The van der Waals surface area contributed by atoms with Crippen LogP contribution in [0.4, 0.5) is 0 Å². The Bertz CT molecular complexity index is 685. The van der Waals surface area contributed by atoms with Crippen molar-refractivity contribution >= 4 is 17.7 Å². The number of thioether (sulfide) groups is 1. The number of amides is 1. The van der Waals surface area contributed by atoms with Crippen LogP contribution in [-0.2, 0) is 9.53 Å². The van der Waals surface area contributed by atoms with E-state index in [0.717, 1.165) is 24.4 Å². The molecule has 24 heavy (non-hydrogen) atoms. The third kappa shape index (κ3) is 4.36. The van der Waals surface area contributed by atoms with Gasteiger partial charge in [-0.15, -0.1) is 5.10 Å². The molecule has 1 amide bonds. The van der Waals surface area contributed by atoms with Crippen molar-refractivity contribution in [3.05, 3.63) is 36.2 Å². The molecule has 0 saturated heterocycles. The summed E-state index contributed by atoms with van der Waals surface area (Å²) < 4.78 is 6.93. The molecule has 3 rings (SSSR count). The number of nitrogens with one attached hydrogen (secondary N) is 1. The van der Waals surface area contributed by atoms with Crippen LogP contribution in [0.25, 0.3) is 5.69 Å². The van der Waals surface area contributed by atoms with Gasteiger partial charge in [-0.3, -0.25) is 4.79 Å². The van der Waals surface area contributed by atoms with Crippen molar-refractivity contribution in [3.63, 3.8) is 0 Å². The first-order valence-electron chi connectivity index (χ1n) is 8.11. The van der Waals surface area contributed by atoms with E-state index in [0.29, 0.717) is 23.4 Å². The number of hydrogen-bond acceptors (Lipinski definition) is 5. The van der Waals surface area contributed by atoms with Crippen LogP contribution in [0.5, 0.6) is 0 Å². The number of ether oxygens (including phenoxy) is 1. The van der Waals surface area contributed by atoms with E-state index in [1.807, 2.05) is 41.9 Å². The molecule has 1 aromatic heterocycles. The molecule has 128 valence electrons. The number of hydrogen-bond donors (Lipinski definition) is 1. The van der Waals surface area contributed by atoms with Crippen LogP contribution < -0.4 is 5.32 Å². The van der Waals surface area contributed by atoms with Crippen LogP contribution in [0, 0.1) is 0 Å². The lowest BCUT2D eigenvalue weighted by atomic mass is 10.3. The monoisotopic (exact) mass is 346 g/mol. The summed E-state index contributed by atoms with van der Waals surface area (Å²) in [4.78, 5) is 16.6. The first-order chi connectivity index (χ1) is 11.7. The molecule has 1 heterocycles. The van der Waals surface area contributed by atoms with Crippen molar-refractivity contribution in [2.75, 3.05) is 19.5 Å². The second-order valence-corrected chi connectivity index (χ2v) is 6.93. The smallest absolute Gasteiger partial charge is 0.230 e. The Kier molecular flexibility index (Phi) is 5.52. The zero-order valence-corrected chi connectivity index (χ0v) is 14.8. The van der Waals surface area contributed by atoms with E-state index in [2.05, 4.69) is 15.4 Å². The van der Waals surface area contributed by atoms with Gasteiger partial charge in [-0.2, -0.15) is 0 Å². The van der Waals surface area contributed by atoms with Crippen LogP contribution in [0.2, 0.25) is 0 Å². The van der Waals surface area contributed by atoms with Gasteiger partial charge in [0.15, 0.2) is 0 Å². The minimum absolute atomic E-state index is 0.0000367. The number of para-hydroxylation sites is 1. The normalized spacial score (nSPS) is 15.2. The molecule has 0 aliphatic heterocycles. The molecular weight excluding hydrogens is 324 g/mol.